The van der Waals surface area contributed by atoms with E-state index in [-0.39, 0.29) is 17.7 Å². The summed E-state index contributed by atoms with van der Waals surface area (Å²) in [5.74, 6) is 1.66. The molecule has 0 aromatic carbocycles. The van der Waals surface area contributed by atoms with Crippen LogP contribution in [-0.2, 0) is 16.1 Å². The van der Waals surface area contributed by atoms with Gasteiger partial charge in [0.2, 0.25) is 11.8 Å². The average molecular weight is 357 g/mol. The fourth-order valence-electron chi connectivity index (χ4n) is 3.76. The Hall–Kier alpha value is -2.17. The largest absolute Gasteiger partial charge is 0.356 e. The van der Waals surface area contributed by atoms with Crippen molar-refractivity contribution in [3.05, 3.63) is 41.7 Å². The van der Waals surface area contributed by atoms with Crippen LogP contribution in [-0.4, -0.2) is 23.3 Å². The summed E-state index contributed by atoms with van der Waals surface area (Å²) in [4.78, 5) is 27.9. The van der Waals surface area contributed by atoms with Gasteiger partial charge in [0.25, 0.3) is 0 Å². The summed E-state index contributed by atoms with van der Waals surface area (Å²) in [6.07, 6.45) is 5.49. The van der Waals surface area contributed by atoms with E-state index in [1.807, 2.05) is 18.2 Å². The summed E-state index contributed by atoms with van der Waals surface area (Å²) < 4.78 is 0. The van der Waals surface area contributed by atoms with Crippen molar-refractivity contribution in [2.45, 2.75) is 47.1 Å². The van der Waals surface area contributed by atoms with Crippen LogP contribution in [0.2, 0.25) is 0 Å². The Morgan fingerprint density at radius 1 is 1.27 bits per heavy atom. The second kappa shape index (κ2) is 9.51. The Labute approximate surface area is 156 Å². The van der Waals surface area contributed by atoms with Gasteiger partial charge in [-0.25, -0.2) is 0 Å². The maximum Gasteiger partial charge on any atom is 0.220 e. The quantitative estimate of drug-likeness (QED) is 0.737. The van der Waals surface area contributed by atoms with Crippen molar-refractivity contribution in [3.63, 3.8) is 0 Å². The number of pyridine rings is 1. The van der Waals surface area contributed by atoms with Crippen LogP contribution >= 0.6 is 0 Å². The molecule has 1 aromatic rings. The molecule has 5 heteroatoms. The Bertz CT molecular complexity index is 640. The lowest BCUT2D eigenvalue weighted by Gasteiger charge is -2.37. The van der Waals surface area contributed by atoms with Crippen molar-refractivity contribution < 1.29 is 9.59 Å². The van der Waals surface area contributed by atoms with Crippen molar-refractivity contribution in [1.29, 1.82) is 0 Å². The minimum atomic E-state index is 0.00887. The van der Waals surface area contributed by atoms with Gasteiger partial charge in [0.1, 0.15) is 0 Å². The lowest BCUT2D eigenvalue weighted by Crippen LogP contribution is -2.37. The highest BCUT2D eigenvalue weighted by Crippen LogP contribution is 2.38. The van der Waals surface area contributed by atoms with Crippen LogP contribution in [0.4, 0.5) is 0 Å². The van der Waals surface area contributed by atoms with Crippen LogP contribution in [0.5, 0.6) is 0 Å². The van der Waals surface area contributed by atoms with Gasteiger partial charge in [-0.05, 0) is 49.1 Å². The minimum absolute atomic E-state index is 0.00887. The number of hydrogen-bond acceptors (Lipinski definition) is 3. The number of nitrogens with zero attached hydrogens (tertiary/aromatic N) is 1. The van der Waals surface area contributed by atoms with Crippen LogP contribution in [0.15, 0.2) is 36.0 Å². The molecule has 0 bridgehead atoms. The third-order valence-electron chi connectivity index (χ3n) is 5.30. The Balaban J connectivity index is 1.94. The maximum absolute atomic E-state index is 12.4. The highest BCUT2D eigenvalue weighted by molar-refractivity contribution is 5.76. The predicted molar refractivity (Wildman–Crippen MR) is 103 cm³/mol. The smallest absolute Gasteiger partial charge is 0.220 e. The number of aromatic nitrogens is 1. The number of carbonyl (C=O) groups is 2. The molecule has 0 radical (unpaired) electrons. The van der Waals surface area contributed by atoms with E-state index >= 15 is 0 Å². The van der Waals surface area contributed by atoms with Crippen molar-refractivity contribution >= 4 is 11.8 Å². The molecule has 1 heterocycles. The van der Waals surface area contributed by atoms with Gasteiger partial charge in [-0.1, -0.05) is 31.6 Å². The first kappa shape index (κ1) is 20.1. The minimum Gasteiger partial charge on any atom is -0.356 e. The molecule has 26 heavy (non-hydrogen) atoms. The SMILES string of the molecule is CC(=O)NC[C@@H]1C=C(C)[C@H](CC(=O)NCc2ccccn2)C[C@H]1C(C)C. The van der Waals surface area contributed by atoms with Gasteiger partial charge in [0, 0.05) is 26.1 Å². The number of nitrogens with one attached hydrogen (secondary N) is 2. The maximum atomic E-state index is 12.4. The van der Waals surface area contributed by atoms with Gasteiger partial charge in [0.05, 0.1) is 12.2 Å². The van der Waals surface area contributed by atoms with E-state index in [9.17, 15) is 9.59 Å². The summed E-state index contributed by atoms with van der Waals surface area (Å²) in [5, 5.41) is 5.92. The monoisotopic (exact) mass is 357 g/mol. The summed E-state index contributed by atoms with van der Waals surface area (Å²) >= 11 is 0. The number of carbonyl (C=O) groups excluding carboxylic acids is 2. The van der Waals surface area contributed by atoms with Gasteiger partial charge in [-0.3, -0.25) is 14.6 Å². The molecule has 0 aliphatic heterocycles. The van der Waals surface area contributed by atoms with E-state index in [0.717, 1.165) is 12.1 Å². The lowest BCUT2D eigenvalue weighted by atomic mass is 9.69. The molecule has 2 amide bonds. The number of amides is 2. The normalized spacial score (nSPS) is 22.7. The zero-order chi connectivity index (χ0) is 19.1. The molecule has 0 spiro atoms. The molecular formula is C21H31N3O2. The van der Waals surface area contributed by atoms with Crippen molar-refractivity contribution in [3.8, 4) is 0 Å². The molecule has 142 valence electrons. The van der Waals surface area contributed by atoms with Gasteiger partial charge in [0.15, 0.2) is 0 Å². The molecule has 0 saturated carbocycles. The van der Waals surface area contributed by atoms with E-state index in [4.69, 9.17) is 0 Å². The van der Waals surface area contributed by atoms with Gasteiger partial charge in [-0.2, -0.15) is 0 Å². The summed E-state index contributed by atoms with van der Waals surface area (Å²) in [5.41, 5.74) is 2.12. The van der Waals surface area contributed by atoms with Gasteiger partial charge < -0.3 is 10.6 Å². The zero-order valence-corrected chi connectivity index (χ0v) is 16.3. The van der Waals surface area contributed by atoms with E-state index in [2.05, 4.69) is 42.5 Å². The first-order valence-corrected chi connectivity index (χ1v) is 9.46. The van der Waals surface area contributed by atoms with Crippen LogP contribution in [0.25, 0.3) is 0 Å². The molecule has 2 N–H and O–H groups in total. The number of allylic oxidation sites excluding steroid dienone is 1. The summed E-state index contributed by atoms with van der Waals surface area (Å²) in [6.45, 7) is 9.24. The molecule has 0 fully saturated rings. The van der Waals surface area contributed by atoms with Gasteiger partial charge >= 0.3 is 0 Å². The van der Waals surface area contributed by atoms with Crippen LogP contribution in [0, 0.1) is 23.7 Å². The zero-order valence-electron chi connectivity index (χ0n) is 16.3. The van der Waals surface area contributed by atoms with Crippen LogP contribution in [0.1, 0.15) is 46.2 Å². The second-order valence-electron chi connectivity index (χ2n) is 7.65. The highest BCUT2D eigenvalue weighted by atomic mass is 16.2. The Kier molecular flexibility index (Phi) is 7.37. The van der Waals surface area contributed by atoms with Crippen LogP contribution < -0.4 is 10.6 Å². The summed E-state index contributed by atoms with van der Waals surface area (Å²) in [6, 6.07) is 5.70. The standard InChI is InChI=1S/C21H31N3O2/c1-14(2)20-10-17(15(3)9-18(20)12-23-16(4)25)11-21(26)24-13-19-7-5-6-8-22-19/h5-9,14,17-18,20H,10-13H2,1-4H3,(H,23,25)(H,24,26)/t17-,18-,20-/m0/s1. The fraction of sp³-hybridized carbons (Fsp3) is 0.571. The first-order chi connectivity index (χ1) is 12.4. The third kappa shape index (κ3) is 5.97. The molecular weight excluding hydrogens is 326 g/mol. The second-order valence-corrected chi connectivity index (χ2v) is 7.65. The highest BCUT2D eigenvalue weighted by Gasteiger charge is 2.32. The topological polar surface area (TPSA) is 71.1 Å². The van der Waals surface area contributed by atoms with E-state index in [0.29, 0.717) is 37.3 Å². The molecule has 3 atom stereocenters. The number of hydrogen-bond donors (Lipinski definition) is 2. The number of rotatable bonds is 7. The first-order valence-electron chi connectivity index (χ1n) is 9.46. The average Bonchev–Trinajstić information content (AvgIpc) is 2.60. The van der Waals surface area contributed by atoms with Gasteiger partial charge in [-0.15, -0.1) is 0 Å². The van der Waals surface area contributed by atoms with E-state index < -0.39 is 0 Å². The summed E-state index contributed by atoms with van der Waals surface area (Å²) in [7, 11) is 0. The third-order valence-corrected chi connectivity index (χ3v) is 5.30. The lowest BCUT2D eigenvalue weighted by molar-refractivity contribution is -0.122. The van der Waals surface area contributed by atoms with Crippen molar-refractivity contribution in [2.75, 3.05) is 6.54 Å². The molecule has 0 unspecified atom stereocenters. The predicted octanol–water partition coefficient (Wildman–Crippen LogP) is 3.08. The molecule has 5 nitrogen and oxygen atoms in total. The molecule has 0 saturated heterocycles. The van der Waals surface area contributed by atoms with Crippen molar-refractivity contribution in [2.24, 2.45) is 23.7 Å². The molecule has 2 rings (SSSR count). The molecule has 1 aromatic heterocycles. The van der Waals surface area contributed by atoms with E-state index in [1.165, 1.54) is 5.57 Å². The Morgan fingerprint density at radius 2 is 2.04 bits per heavy atom. The van der Waals surface area contributed by atoms with Crippen LogP contribution in [0.3, 0.4) is 0 Å². The van der Waals surface area contributed by atoms with Crippen molar-refractivity contribution in [1.82, 2.24) is 15.6 Å². The molecule has 1 aliphatic rings. The fourth-order valence-corrected chi connectivity index (χ4v) is 3.76. The van der Waals surface area contributed by atoms with E-state index in [1.54, 1.807) is 13.1 Å². The Morgan fingerprint density at radius 3 is 2.65 bits per heavy atom. The molecule has 1 aliphatic carbocycles.